The first-order valence-electron chi connectivity index (χ1n) is 10.9. The number of hydrogen-bond acceptors (Lipinski definition) is 5. The van der Waals surface area contributed by atoms with Crippen molar-refractivity contribution in [2.24, 2.45) is 0 Å². The molecule has 3 atom stereocenters. The summed E-state index contributed by atoms with van der Waals surface area (Å²) in [7, 11) is 0. The van der Waals surface area contributed by atoms with Gasteiger partial charge >= 0.3 is 0 Å². The highest BCUT2D eigenvalue weighted by molar-refractivity contribution is 5.39. The van der Waals surface area contributed by atoms with E-state index in [2.05, 4.69) is 66.0 Å². The van der Waals surface area contributed by atoms with E-state index in [4.69, 9.17) is 4.74 Å². The van der Waals surface area contributed by atoms with Gasteiger partial charge < -0.3 is 10.2 Å². The third kappa shape index (κ3) is 3.87. The van der Waals surface area contributed by atoms with E-state index in [1.54, 1.807) is 0 Å². The predicted molar refractivity (Wildman–Crippen MR) is 125 cm³/mol. The van der Waals surface area contributed by atoms with E-state index >= 15 is 0 Å². The number of ether oxygens (including phenoxy) is 1. The average molecular weight is 423 g/mol. The van der Waals surface area contributed by atoms with Gasteiger partial charge in [0.1, 0.15) is 17.7 Å². The molecule has 0 amide bonds. The Bertz CT molecular complexity index is 1180. The molecule has 0 spiro atoms. The van der Waals surface area contributed by atoms with Gasteiger partial charge in [-0.3, -0.25) is 5.32 Å². The molecule has 32 heavy (non-hydrogen) atoms. The first kappa shape index (κ1) is 20.3. The molecule has 0 aliphatic carbocycles. The van der Waals surface area contributed by atoms with Crippen LogP contribution in [0.4, 0.5) is 0 Å². The van der Waals surface area contributed by atoms with Gasteiger partial charge in [0.25, 0.3) is 0 Å². The zero-order valence-electron chi connectivity index (χ0n) is 18.2. The molecule has 3 aromatic carbocycles. The summed E-state index contributed by atoms with van der Waals surface area (Å²) >= 11 is 0. The Morgan fingerprint density at radius 3 is 2.44 bits per heavy atom. The number of nitrogens with zero attached hydrogens (tertiary/aromatic N) is 2. The Balaban J connectivity index is 1.42. The minimum atomic E-state index is -0.162. The zero-order valence-corrected chi connectivity index (χ0v) is 18.2. The van der Waals surface area contributed by atoms with Crippen LogP contribution in [0.25, 0.3) is 0 Å². The minimum Gasteiger partial charge on any atom is -0.457 e. The fraction of sp³-hybridized carbons (Fsp3) is 0.222. The van der Waals surface area contributed by atoms with Crippen molar-refractivity contribution < 1.29 is 4.74 Å². The summed E-state index contributed by atoms with van der Waals surface area (Å²) in [4.78, 5) is 0. The molecule has 0 bridgehead atoms. The predicted octanol–water partition coefficient (Wildman–Crippen LogP) is 5.43. The Morgan fingerprint density at radius 1 is 0.969 bits per heavy atom. The van der Waals surface area contributed by atoms with E-state index < -0.39 is 0 Å². The van der Waals surface area contributed by atoms with Crippen molar-refractivity contribution in [3.8, 4) is 17.6 Å². The van der Waals surface area contributed by atoms with E-state index in [9.17, 15) is 5.26 Å². The van der Waals surface area contributed by atoms with Crippen LogP contribution in [0.5, 0.6) is 11.5 Å². The highest BCUT2D eigenvalue weighted by atomic mass is 16.5. The van der Waals surface area contributed by atoms with Crippen LogP contribution in [-0.4, -0.2) is 11.2 Å². The fourth-order valence-electron chi connectivity index (χ4n) is 4.68. The molecule has 3 aromatic rings. The molecule has 5 nitrogen and oxygen atoms in total. The van der Waals surface area contributed by atoms with E-state index in [1.807, 2.05) is 48.7 Å². The second-order valence-corrected chi connectivity index (χ2v) is 8.47. The standard InChI is InChI=1S/C27H26N4O/c1-18-8-13-24(19(2)14-18)26-15-25(30-27-21(16-28)17-29-31(26)27)20-9-11-23(12-10-20)32-22-6-4-3-5-7-22/h3-14,17,25-27,29-30H,15H2,1-2H3. The van der Waals surface area contributed by atoms with Crippen molar-refractivity contribution in [2.75, 3.05) is 0 Å². The summed E-state index contributed by atoms with van der Waals surface area (Å²) in [5, 5.41) is 15.5. The lowest BCUT2D eigenvalue weighted by atomic mass is 9.88. The quantitative estimate of drug-likeness (QED) is 0.587. The van der Waals surface area contributed by atoms with E-state index in [0.717, 1.165) is 17.9 Å². The topological polar surface area (TPSA) is 60.3 Å². The largest absolute Gasteiger partial charge is 0.457 e. The van der Waals surface area contributed by atoms with Crippen LogP contribution < -0.4 is 15.5 Å². The number of nitriles is 1. The Morgan fingerprint density at radius 2 is 1.72 bits per heavy atom. The summed E-state index contributed by atoms with van der Waals surface area (Å²) in [6.07, 6.45) is 2.54. The molecule has 5 rings (SSSR count). The van der Waals surface area contributed by atoms with Crippen LogP contribution in [0.3, 0.4) is 0 Å². The molecule has 0 aromatic heterocycles. The van der Waals surface area contributed by atoms with Crippen LogP contribution in [-0.2, 0) is 0 Å². The molecule has 5 heteroatoms. The number of nitrogens with one attached hydrogen (secondary N) is 2. The van der Waals surface area contributed by atoms with Gasteiger partial charge in [-0.15, -0.1) is 0 Å². The van der Waals surface area contributed by atoms with Crippen molar-refractivity contribution in [3.63, 3.8) is 0 Å². The Hall–Kier alpha value is -3.59. The molecule has 1 saturated heterocycles. The van der Waals surface area contributed by atoms with Crippen LogP contribution in [0.2, 0.25) is 0 Å². The summed E-state index contributed by atoms with van der Waals surface area (Å²) in [6.45, 7) is 4.28. The molecule has 0 saturated carbocycles. The summed E-state index contributed by atoms with van der Waals surface area (Å²) in [6, 6.07) is 27.3. The van der Waals surface area contributed by atoms with Gasteiger partial charge in [-0.05, 0) is 61.2 Å². The van der Waals surface area contributed by atoms with Gasteiger partial charge in [0.05, 0.1) is 17.7 Å². The Labute approximate surface area is 188 Å². The Kier molecular flexibility index (Phi) is 5.40. The molecule has 2 aliphatic rings. The maximum Gasteiger partial charge on any atom is 0.127 e. The van der Waals surface area contributed by atoms with Crippen LogP contribution in [0, 0.1) is 25.2 Å². The minimum absolute atomic E-state index is 0.115. The number of benzene rings is 3. The SMILES string of the molecule is Cc1ccc(C2CC(c3ccc(Oc4ccccc4)cc3)NC3C(C#N)=CNN32)c(C)c1. The van der Waals surface area contributed by atoms with Gasteiger partial charge in [-0.1, -0.05) is 54.1 Å². The smallest absolute Gasteiger partial charge is 0.127 e. The van der Waals surface area contributed by atoms with Gasteiger partial charge in [-0.25, -0.2) is 0 Å². The van der Waals surface area contributed by atoms with Crippen LogP contribution in [0.15, 0.2) is 84.6 Å². The van der Waals surface area contributed by atoms with E-state index in [1.165, 1.54) is 22.3 Å². The molecule has 0 radical (unpaired) electrons. The van der Waals surface area contributed by atoms with Gasteiger partial charge in [-0.2, -0.15) is 10.3 Å². The number of fused-ring (bicyclic) bond motifs is 1. The van der Waals surface area contributed by atoms with Gasteiger partial charge in [0, 0.05) is 12.2 Å². The van der Waals surface area contributed by atoms with Crippen molar-refractivity contribution in [1.29, 1.82) is 5.26 Å². The fourth-order valence-corrected chi connectivity index (χ4v) is 4.68. The van der Waals surface area contributed by atoms with Crippen molar-refractivity contribution in [2.45, 2.75) is 38.5 Å². The third-order valence-electron chi connectivity index (χ3n) is 6.27. The lowest BCUT2D eigenvalue weighted by Gasteiger charge is -2.43. The molecule has 2 N–H and O–H groups in total. The summed E-state index contributed by atoms with van der Waals surface area (Å²) < 4.78 is 5.95. The molecule has 1 fully saturated rings. The highest BCUT2D eigenvalue weighted by Gasteiger charge is 2.41. The highest BCUT2D eigenvalue weighted by Crippen LogP contribution is 2.40. The maximum absolute atomic E-state index is 9.64. The molecular weight excluding hydrogens is 396 g/mol. The monoisotopic (exact) mass is 422 g/mol. The van der Waals surface area contributed by atoms with Crippen LogP contribution in [0.1, 0.15) is 40.8 Å². The first-order chi connectivity index (χ1) is 15.6. The van der Waals surface area contributed by atoms with Crippen molar-refractivity contribution in [3.05, 3.63) is 107 Å². The number of aryl methyl sites for hydroxylation is 2. The lowest BCUT2D eigenvalue weighted by molar-refractivity contribution is 0.0477. The van der Waals surface area contributed by atoms with Crippen molar-refractivity contribution >= 4 is 0 Å². The second kappa shape index (κ2) is 8.51. The molecule has 2 aliphatic heterocycles. The molecular formula is C27H26N4O. The van der Waals surface area contributed by atoms with Crippen LogP contribution >= 0.6 is 0 Å². The first-order valence-corrected chi connectivity index (χ1v) is 10.9. The number of rotatable bonds is 4. The second-order valence-electron chi connectivity index (χ2n) is 8.47. The molecule has 2 heterocycles. The normalized spacial score (nSPS) is 22.4. The number of hydrazine groups is 1. The number of para-hydroxylation sites is 1. The lowest BCUT2D eigenvalue weighted by Crippen LogP contribution is -2.55. The zero-order chi connectivity index (χ0) is 22.1. The van der Waals surface area contributed by atoms with E-state index in [-0.39, 0.29) is 18.2 Å². The maximum atomic E-state index is 9.64. The van der Waals surface area contributed by atoms with Crippen molar-refractivity contribution in [1.82, 2.24) is 15.8 Å². The average Bonchev–Trinajstić information content (AvgIpc) is 3.23. The van der Waals surface area contributed by atoms with E-state index in [0.29, 0.717) is 5.57 Å². The van der Waals surface area contributed by atoms with Gasteiger partial charge in [0.15, 0.2) is 0 Å². The summed E-state index contributed by atoms with van der Waals surface area (Å²) in [5.74, 6) is 1.63. The third-order valence-corrected chi connectivity index (χ3v) is 6.27. The summed E-state index contributed by atoms with van der Waals surface area (Å²) in [5.41, 5.74) is 9.03. The number of hydrogen-bond donors (Lipinski definition) is 2. The van der Waals surface area contributed by atoms with Gasteiger partial charge in [0.2, 0.25) is 0 Å². The molecule has 3 unspecified atom stereocenters. The molecule has 160 valence electrons.